The molecule has 6 nitrogen and oxygen atoms in total. The highest BCUT2D eigenvalue weighted by Crippen LogP contribution is 2.16. The van der Waals surface area contributed by atoms with Crippen LogP contribution in [-0.4, -0.2) is 26.4 Å². The van der Waals surface area contributed by atoms with Gasteiger partial charge in [-0.3, -0.25) is 14.3 Å². The summed E-state index contributed by atoms with van der Waals surface area (Å²) in [7, 11) is 0. The smallest absolute Gasteiger partial charge is 0.269 e. The summed E-state index contributed by atoms with van der Waals surface area (Å²) in [5.41, 5.74) is 5.49. The van der Waals surface area contributed by atoms with Crippen LogP contribution in [0.2, 0.25) is 0 Å². The molecule has 0 unspecified atom stereocenters. The Morgan fingerprint density at radius 3 is 2.69 bits per heavy atom. The van der Waals surface area contributed by atoms with Crippen molar-refractivity contribution in [3.8, 4) is 0 Å². The minimum Gasteiger partial charge on any atom is -0.364 e. The van der Waals surface area contributed by atoms with Gasteiger partial charge in [0.2, 0.25) is 0 Å². The first-order chi connectivity index (χ1) is 7.47. The van der Waals surface area contributed by atoms with Gasteiger partial charge in [0.25, 0.3) is 11.8 Å². The molecule has 0 aromatic carbocycles. The van der Waals surface area contributed by atoms with Crippen LogP contribution in [0.4, 0.5) is 5.69 Å². The number of anilines is 1. The standard InChI is InChI=1S/C8H10Cl2N4O2/c1-2-14-5(7(11)15)4(3-12-14)13-8(16)6(9)10/h3,6H,2H2,1H3,(H2,11,15)(H,13,16). The Balaban J connectivity index is 3.01. The maximum Gasteiger partial charge on any atom is 0.269 e. The van der Waals surface area contributed by atoms with Gasteiger partial charge in [0.05, 0.1) is 11.9 Å². The normalized spacial score (nSPS) is 10.5. The summed E-state index contributed by atoms with van der Waals surface area (Å²) in [4.78, 5) is 21.2. The molecule has 0 bridgehead atoms. The van der Waals surface area contributed by atoms with E-state index < -0.39 is 16.7 Å². The lowest BCUT2D eigenvalue weighted by atomic mass is 10.3. The van der Waals surface area contributed by atoms with Gasteiger partial charge in [-0.25, -0.2) is 0 Å². The number of nitrogens with two attached hydrogens (primary N) is 1. The number of nitrogens with one attached hydrogen (secondary N) is 1. The zero-order valence-electron chi connectivity index (χ0n) is 8.41. The van der Waals surface area contributed by atoms with E-state index >= 15 is 0 Å². The molecule has 1 aromatic heterocycles. The number of alkyl halides is 2. The minimum atomic E-state index is -1.22. The fourth-order valence-electron chi connectivity index (χ4n) is 1.16. The number of primary amides is 1. The van der Waals surface area contributed by atoms with Gasteiger partial charge in [0, 0.05) is 6.54 Å². The number of carbonyl (C=O) groups is 2. The second kappa shape index (κ2) is 5.18. The molecular weight excluding hydrogens is 255 g/mol. The van der Waals surface area contributed by atoms with Crippen LogP contribution in [0.3, 0.4) is 0 Å². The highest BCUT2D eigenvalue weighted by Gasteiger charge is 2.19. The number of aromatic nitrogens is 2. The fraction of sp³-hybridized carbons (Fsp3) is 0.375. The minimum absolute atomic E-state index is 0.116. The molecule has 0 fully saturated rings. The van der Waals surface area contributed by atoms with E-state index in [4.69, 9.17) is 28.9 Å². The Hall–Kier alpha value is -1.27. The monoisotopic (exact) mass is 264 g/mol. The van der Waals surface area contributed by atoms with Gasteiger partial charge in [-0.15, -0.1) is 0 Å². The predicted molar refractivity (Wildman–Crippen MR) is 60.5 cm³/mol. The molecule has 2 amide bonds. The molecule has 1 heterocycles. The largest absolute Gasteiger partial charge is 0.364 e. The summed E-state index contributed by atoms with van der Waals surface area (Å²) in [5.74, 6) is -1.32. The van der Waals surface area contributed by atoms with Crippen molar-refractivity contribution in [3.05, 3.63) is 11.9 Å². The van der Waals surface area contributed by atoms with Crippen LogP contribution in [0.25, 0.3) is 0 Å². The Bertz CT molecular complexity index is 416. The van der Waals surface area contributed by atoms with Crippen molar-refractivity contribution in [3.63, 3.8) is 0 Å². The van der Waals surface area contributed by atoms with Crippen LogP contribution < -0.4 is 11.1 Å². The first-order valence-corrected chi connectivity index (χ1v) is 5.29. The van der Waals surface area contributed by atoms with Crippen LogP contribution in [0.15, 0.2) is 6.20 Å². The van der Waals surface area contributed by atoms with E-state index in [1.54, 1.807) is 6.92 Å². The van der Waals surface area contributed by atoms with Crippen LogP contribution in [0.5, 0.6) is 0 Å². The summed E-state index contributed by atoms with van der Waals surface area (Å²) < 4.78 is 1.37. The summed E-state index contributed by atoms with van der Waals surface area (Å²) in [5, 5.41) is 6.24. The van der Waals surface area contributed by atoms with Crippen LogP contribution in [0, 0.1) is 0 Å². The van der Waals surface area contributed by atoms with Gasteiger partial charge in [0.15, 0.2) is 4.84 Å². The number of amides is 2. The van der Waals surface area contributed by atoms with Crippen molar-refractivity contribution < 1.29 is 9.59 Å². The second-order valence-electron chi connectivity index (χ2n) is 2.88. The van der Waals surface area contributed by atoms with E-state index in [1.807, 2.05) is 0 Å². The topological polar surface area (TPSA) is 90.0 Å². The van der Waals surface area contributed by atoms with Gasteiger partial charge in [-0.2, -0.15) is 5.10 Å². The average molecular weight is 265 g/mol. The Morgan fingerprint density at radius 2 is 2.25 bits per heavy atom. The van der Waals surface area contributed by atoms with E-state index in [0.717, 1.165) is 0 Å². The van der Waals surface area contributed by atoms with Crippen molar-refractivity contribution in [1.82, 2.24) is 9.78 Å². The van der Waals surface area contributed by atoms with Gasteiger partial charge in [-0.05, 0) is 6.92 Å². The predicted octanol–water partition coefficient (Wildman–Crippen LogP) is 0.744. The quantitative estimate of drug-likeness (QED) is 0.787. The SMILES string of the molecule is CCn1ncc(NC(=O)C(Cl)Cl)c1C(N)=O. The van der Waals surface area contributed by atoms with E-state index in [-0.39, 0.29) is 11.4 Å². The molecule has 3 N–H and O–H groups in total. The van der Waals surface area contributed by atoms with Crippen molar-refractivity contribution in [1.29, 1.82) is 0 Å². The maximum atomic E-state index is 11.2. The first-order valence-electron chi connectivity index (χ1n) is 4.42. The molecule has 0 saturated heterocycles. The van der Waals surface area contributed by atoms with Crippen LogP contribution >= 0.6 is 23.2 Å². The van der Waals surface area contributed by atoms with Crippen molar-refractivity contribution in [2.75, 3.05) is 5.32 Å². The van der Waals surface area contributed by atoms with E-state index in [1.165, 1.54) is 10.9 Å². The van der Waals surface area contributed by atoms with Crippen molar-refractivity contribution in [2.24, 2.45) is 5.73 Å². The molecule has 16 heavy (non-hydrogen) atoms. The summed E-state index contributed by atoms with van der Waals surface area (Å²) >= 11 is 10.7. The van der Waals surface area contributed by atoms with Gasteiger partial charge in [-0.1, -0.05) is 23.2 Å². The molecule has 0 aliphatic rings. The second-order valence-corrected chi connectivity index (χ2v) is 3.97. The molecular formula is C8H10Cl2N4O2. The highest BCUT2D eigenvalue weighted by molar-refractivity contribution is 6.54. The molecule has 0 aliphatic heterocycles. The van der Waals surface area contributed by atoms with Gasteiger partial charge in [0.1, 0.15) is 5.69 Å². The number of nitrogens with zero attached hydrogens (tertiary/aromatic N) is 2. The zero-order valence-corrected chi connectivity index (χ0v) is 9.92. The van der Waals surface area contributed by atoms with Gasteiger partial charge >= 0.3 is 0 Å². The summed E-state index contributed by atoms with van der Waals surface area (Å²) in [6.45, 7) is 2.25. The van der Waals surface area contributed by atoms with Crippen molar-refractivity contribution >= 4 is 40.7 Å². The van der Waals surface area contributed by atoms with E-state index in [9.17, 15) is 9.59 Å². The molecule has 1 rings (SSSR count). The third-order valence-corrected chi connectivity index (χ3v) is 2.22. The maximum absolute atomic E-state index is 11.2. The lowest BCUT2D eigenvalue weighted by molar-refractivity contribution is -0.114. The molecule has 8 heteroatoms. The number of rotatable bonds is 4. The number of aryl methyl sites for hydroxylation is 1. The summed E-state index contributed by atoms with van der Waals surface area (Å²) in [6, 6.07) is 0. The van der Waals surface area contributed by atoms with E-state index in [2.05, 4.69) is 10.4 Å². The lowest BCUT2D eigenvalue weighted by Gasteiger charge is -2.06. The third kappa shape index (κ3) is 2.65. The molecule has 88 valence electrons. The fourth-order valence-corrected chi connectivity index (χ4v) is 1.27. The highest BCUT2D eigenvalue weighted by atomic mass is 35.5. The Labute approximate surface area is 102 Å². The average Bonchev–Trinajstić information content (AvgIpc) is 2.60. The first kappa shape index (κ1) is 12.8. The number of hydrogen-bond acceptors (Lipinski definition) is 3. The number of halogens is 2. The van der Waals surface area contributed by atoms with Crippen LogP contribution in [-0.2, 0) is 11.3 Å². The van der Waals surface area contributed by atoms with Gasteiger partial charge < -0.3 is 11.1 Å². The van der Waals surface area contributed by atoms with E-state index in [0.29, 0.717) is 6.54 Å². The third-order valence-electron chi connectivity index (χ3n) is 1.83. The van der Waals surface area contributed by atoms with Crippen LogP contribution in [0.1, 0.15) is 17.4 Å². The van der Waals surface area contributed by atoms with Crippen molar-refractivity contribution in [2.45, 2.75) is 18.3 Å². The summed E-state index contributed by atoms with van der Waals surface area (Å²) in [6.07, 6.45) is 1.32. The molecule has 1 aromatic rings. The number of carbonyl (C=O) groups excluding carboxylic acids is 2. The molecule has 0 saturated carbocycles. The zero-order chi connectivity index (χ0) is 12.3. The Kier molecular flexibility index (Phi) is 4.14. The molecule has 0 radical (unpaired) electrons. The Morgan fingerprint density at radius 1 is 1.62 bits per heavy atom. The lowest BCUT2D eigenvalue weighted by Crippen LogP contribution is -2.23. The molecule has 0 aliphatic carbocycles. The number of hydrogen-bond donors (Lipinski definition) is 2. The molecule has 0 spiro atoms. The molecule has 0 atom stereocenters.